The van der Waals surface area contributed by atoms with Gasteiger partial charge in [-0.05, 0) is 19.2 Å². The van der Waals surface area contributed by atoms with Crippen molar-refractivity contribution < 1.29 is 14.5 Å². The van der Waals surface area contributed by atoms with Gasteiger partial charge in [-0.2, -0.15) is 0 Å². The molecule has 0 unspecified atom stereocenters. The standard InChI is InChI=1S/C11H13NO4.CH5N/c1-3-10(6-9(2)12(14)15)11(4-5-13)7-16-8-11;1-2/h3,5-6H,1-2,4,7-8H2;2H2,1H3/b10-6+;. The van der Waals surface area contributed by atoms with Crippen molar-refractivity contribution in [2.45, 2.75) is 6.42 Å². The highest BCUT2D eigenvalue weighted by atomic mass is 16.6. The Hall–Kier alpha value is -1.79. The number of allylic oxidation sites excluding steroid dienone is 2. The number of aldehydes is 1. The molecule has 1 fully saturated rings. The van der Waals surface area contributed by atoms with Gasteiger partial charge in [-0.1, -0.05) is 12.7 Å². The molecule has 0 saturated carbocycles. The van der Waals surface area contributed by atoms with Crippen LogP contribution in [-0.4, -0.2) is 31.5 Å². The third kappa shape index (κ3) is 3.61. The van der Waals surface area contributed by atoms with Crippen LogP contribution in [0.5, 0.6) is 0 Å². The lowest BCUT2D eigenvalue weighted by Gasteiger charge is -2.41. The Labute approximate surface area is 106 Å². The van der Waals surface area contributed by atoms with Crippen molar-refractivity contribution in [3.05, 3.63) is 46.7 Å². The maximum atomic E-state index is 10.6. The minimum Gasteiger partial charge on any atom is -0.379 e. The normalized spacial score (nSPS) is 16.7. The SMILES string of the molecule is C=C/C(=C\C(=C)[N+](=O)[O-])C1(CC=O)COC1.CN. The lowest BCUT2D eigenvalue weighted by Crippen LogP contribution is -2.44. The van der Waals surface area contributed by atoms with Crippen molar-refractivity contribution in [2.75, 3.05) is 20.3 Å². The van der Waals surface area contributed by atoms with Crippen LogP contribution >= 0.6 is 0 Å². The van der Waals surface area contributed by atoms with E-state index in [9.17, 15) is 14.9 Å². The first kappa shape index (κ1) is 16.2. The van der Waals surface area contributed by atoms with Crippen molar-refractivity contribution in [3.8, 4) is 0 Å². The van der Waals surface area contributed by atoms with Crippen LogP contribution in [0.3, 0.4) is 0 Å². The zero-order chi connectivity index (χ0) is 14.2. The van der Waals surface area contributed by atoms with E-state index in [2.05, 4.69) is 18.9 Å². The average Bonchev–Trinajstić information content (AvgIpc) is 2.33. The van der Waals surface area contributed by atoms with E-state index in [1.807, 2.05) is 0 Å². The molecule has 2 N–H and O–H groups in total. The van der Waals surface area contributed by atoms with Crippen molar-refractivity contribution >= 4 is 6.29 Å². The van der Waals surface area contributed by atoms with Crippen molar-refractivity contribution in [1.82, 2.24) is 0 Å². The van der Waals surface area contributed by atoms with Gasteiger partial charge in [-0.15, -0.1) is 0 Å². The number of nitro groups is 1. The Morgan fingerprint density at radius 2 is 2.11 bits per heavy atom. The Morgan fingerprint density at radius 3 is 2.39 bits per heavy atom. The summed E-state index contributed by atoms with van der Waals surface area (Å²) in [6.45, 7) is 7.69. The number of hydrogen-bond donors (Lipinski definition) is 1. The van der Waals surface area contributed by atoms with E-state index in [1.54, 1.807) is 0 Å². The van der Waals surface area contributed by atoms with E-state index < -0.39 is 10.3 Å². The van der Waals surface area contributed by atoms with Gasteiger partial charge in [0.2, 0.25) is 0 Å². The van der Waals surface area contributed by atoms with E-state index >= 15 is 0 Å². The van der Waals surface area contributed by atoms with E-state index in [1.165, 1.54) is 19.2 Å². The quantitative estimate of drug-likeness (QED) is 0.331. The lowest BCUT2D eigenvalue weighted by molar-refractivity contribution is -0.418. The van der Waals surface area contributed by atoms with Crippen LogP contribution < -0.4 is 5.73 Å². The Balaban J connectivity index is 0.00000137. The molecule has 0 amide bonds. The van der Waals surface area contributed by atoms with E-state index in [-0.39, 0.29) is 12.1 Å². The van der Waals surface area contributed by atoms with Gasteiger partial charge < -0.3 is 15.3 Å². The highest BCUT2D eigenvalue weighted by molar-refractivity contribution is 5.54. The van der Waals surface area contributed by atoms with Gasteiger partial charge in [0, 0.05) is 17.9 Å². The third-order valence-corrected chi connectivity index (χ3v) is 2.62. The molecule has 100 valence electrons. The van der Waals surface area contributed by atoms with Crippen LogP contribution in [0.2, 0.25) is 0 Å². The van der Waals surface area contributed by atoms with Crippen LogP contribution in [0, 0.1) is 15.5 Å². The summed E-state index contributed by atoms with van der Waals surface area (Å²) >= 11 is 0. The van der Waals surface area contributed by atoms with Crippen LogP contribution in [0.15, 0.2) is 36.6 Å². The van der Waals surface area contributed by atoms with Crippen LogP contribution in [0.1, 0.15) is 6.42 Å². The minimum atomic E-state index is -0.572. The molecule has 0 aromatic rings. The maximum Gasteiger partial charge on any atom is 0.262 e. The van der Waals surface area contributed by atoms with Crippen LogP contribution in [-0.2, 0) is 9.53 Å². The molecule has 0 bridgehead atoms. The first-order valence-corrected chi connectivity index (χ1v) is 5.33. The maximum absolute atomic E-state index is 10.6. The zero-order valence-corrected chi connectivity index (χ0v) is 10.4. The number of carbonyl (C=O) groups is 1. The summed E-state index contributed by atoms with van der Waals surface area (Å²) in [6.07, 6.45) is 3.92. The monoisotopic (exact) mass is 254 g/mol. The largest absolute Gasteiger partial charge is 0.379 e. The fourth-order valence-electron chi connectivity index (χ4n) is 1.57. The van der Waals surface area contributed by atoms with Crippen LogP contribution in [0.4, 0.5) is 0 Å². The van der Waals surface area contributed by atoms with Gasteiger partial charge in [0.25, 0.3) is 5.70 Å². The molecule has 0 radical (unpaired) electrons. The summed E-state index contributed by atoms with van der Waals surface area (Å²) in [6, 6.07) is 0. The van der Waals surface area contributed by atoms with E-state index in [0.717, 1.165) is 6.29 Å². The summed E-state index contributed by atoms with van der Waals surface area (Å²) in [7, 11) is 1.50. The van der Waals surface area contributed by atoms with Crippen molar-refractivity contribution in [2.24, 2.45) is 11.1 Å². The number of nitrogens with zero attached hydrogens (tertiary/aromatic N) is 1. The number of nitrogens with two attached hydrogens (primary N) is 1. The van der Waals surface area contributed by atoms with Gasteiger partial charge in [-0.25, -0.2) is 0 Å². The molecule has 0 spiro atoms. The van der Waals surface area contributed by atoms with Gasteiger partial charge in [0.05, 0.1) is 18.1 Å². The fourth-order valence-corrected chi connectivity index (χ4v) is 1.57. The van der Waals surface area contributed by atoms with Crippen LogP contribution in [0.25, 0.3) is 0 Å². The Kier molecular flexibility index (Phi) is 6.77. The molecule has 0 aliphatic carbocycles. The molecule has 6 nitrogen and oxygen atoms in total. The van der Waals surface area contributed by atoms with E-state index in [4.69, 9.17) is 4.74 Å². The number of hydrogen-bond acceptors (Lipinski definition) is 5. The van der Waals surface area contributed by atoms with Gasteiger partial charge in [-0.3, -0.25) is 10.1 Å². The summed E-state index contributed by atoms with van der Waals surface area (Å²) in [5.41, 5.74) is 4.46. The minimum absolute atomic E-state index is 0.216. The summed E-state index contributed by atoms with van der Waals surface area (Å²) in [4.78, 5) is 20.5. The number of ether oxygens (including phenoxy) is 1. The molecule has 1 aliphatic heterocycles. The van der Waals surface area contributed by atoms with Gasteiger partial charge in [0.1, 0.15) is 6.29 Å². The van der Waals surface area contributed by atoms with Gasteiger partial charge >= 0.3 is 0 Å². The predicted octanol–water partition coefficient (Wildman–Crippen LogP) is 1.07. The molecular weight excluding hydrogens is 236 g/mol. The topological polar surface area (TPSA) is 95.5 Å². The van der Waals surface area contributed by atoms with Crippen molar-refractivity contribution in [3.63, 3.8) is 0 Å². The molecule has 1 aliphatic rings. The third-order valence-electron chi connectivity index (χ3n) is 2.62. The molecule has 6 heteroatoms. The second kappa shape index (κ2) is 7.52. The number of rotatable bonds is 6. The average molecular weight is 254 g/mol. The second-order valence-electron chi connectivity index (χ2n) is 3.70. The molecule has 18 heavy (non-hydrogen) atoms. The predicted molar refractivity (Wildman–Crippen MR) is 68.5 cm³/mol. The summed E-state index contributed by atoms with van der Waals surface area (Å²) in [5, 5.41) is 10.5. The molecule has 1 saturated heterocycles. The van der Waals surface area contributed by atoms with E-state index in [0.29, 0.717) is 18.8 Å². The first-order chi connectivity index (χ1) is 8.55. The summed E-state index contributed by atoms with van der Waals surface area (Å²) < 4.78 is 5.07. The molecule has 0 aromatic heterocycles. The smallest absolute Gasteiger partial charge is 0.262 e. The fraction of sp³-hybridized carbons (Fsp3) is 0.417. The molecule has 0 aromatic carbocycles. The second-order valence-corrected chi connectivity index (χ2v) is 3.70. The number of carbonyl (C=O) groups excluding carboxylic acids is 1. The molecule has 1 rings (SSSR count). The zero-order valence-electron chi connectivity index (χ0n) is 10.4. The Bertz CT molecular complexity index is 370. The molecule has 0 atom stereocenters. The van der Waals surface area contributed by atoms with Gasteiger partial charge in [0.15, 0.2) is 0 Å². The molecule has 1 heterocycles. The molecular formula is C12H18N2O4. The van der Waals surface area contributed by atoms with Crippen molar-refractivity contribution in [1.29, 1.82) is 0 Å². The Morgan fingerprint density at radius 1 is 1.56 bits per heavy atom. The highest BCUT2D eigenvalue weighted by Gasteiger charge is 2.41. The first-order valence-electron chi connectivity index (χ1n) is 5.33. The summed E-state index contributed by atoms with van der Waals surface area (Å²) in [5.74, 6) is 0. The highest BCUT2D eigenvalue weighted by Crippen LogP contribution is 2.39. The lowest BCUT2D eigenvalue weighted by atomic mass is 9.75.